The molecule has 5 heteroatoms. The fourth-order valence-electron chi connectivity index (χ4n) is 2.37. The smallest absolute Gasteiger partial charge is 0.236 e. The zero-order valence-corrected chi connectivity index (χ0v) is 12.8. The predicted octanol–water partition coefficient (Wildman–Crippen LogP) is 2.09. The van der Waals surface area contributed by atoms with Crippen LogP contribution in [0, 0.1) is 0 Å². The molecule has 0 unspecified atom stereocenters. The monoisotopic (exact) mass is 325 g/mol. The number of rotatable bonds is 4. The molecule has 2 N–H and O–H groups in total. The molecule has 19 heavy (non-hydrogen) atoms. The van der Waals surface area contributed by atoms with Gasteiger partial charge in [0.2, 0.25) is 5.91 Å². The minimum Gasteiger partial charge on any atom is -0.398 e. The number of nitrogen functional groups attached to an aromatic ring is 1. The largest absolute Gasteiger partial charge is 0.398 e. The Bertz CT molecular complexity index is 438. The van der Waals surface area contributed by atoms with Crippen molar-refractivity contribution in [2.75, 3.05) is 32.4 Å². The Kier molecular flexibility index (Phi) is 4.82. The van der Waals surface area contributed by atoms with Crippen molar-refractivity contribution in [3.8, 4) is 0 Å². The summed E-state index contributed by atoms with van der Waals surface area (Å²) in [6, 6.07) is 5.77. The van der Waals surface area contributed by atoms with Crippen molar-refractivity contribution < 1.29 is 4.79 Å². The first-order valence-corrected chi connectivity index (χ1v) is 7.36. The lowest BCUT2D eigenvalue weighted by Crippen LogP contribution is -2.37. The molecule has 0 aromatic heterocycles. The topological polar surface area (TPSA) is 49.6 Å². The first-order chi connectivity index (χ1) is 9.08. The van der Waals surface area contributed by atoms with E-state index in [-0.39, 0.29) is 5.91 Å². The van der Waals surface area contributed by atoms with Gasteiger partial charge in [-0.2, -0.15) is 0 Å². The van der Waals surface area contributed by atoms with Gasteiger partial charge in [0.05, 0.1) is 6.54 Å². The fraction of sp³-hybridized carbons (Fsp3) is 0.500. The number of halogens is 1. The molecule has 1 amide bonds. The maximum atomic E-state index is 12.1. The van der Waals surface area contributed by atoms with Crippen molar-refractivity contribution in [1.82, 2.24) is 9.80 Å². The van der Waals surface area contributed by atoms with Gasteiger partial charge in [-0.15, -0.1) is 0 Å². The molecule has 2 rings (SSSR count). The summed E-state index contributed by atoms with van der Waals surface area (Å²) in [4.78, 5) is 16.0. The van der Waals surface area contributed by atoms with Gasteiger partial charge >= 0.3 is 0 Å². The molecule has 4 nitrogen and oxygen atoms in total. The van der Waals surface area contributed by atoms with Crippen LogP contribution in [0.15, 0.2) is 22.7 Å². The molecule has 1 aromatic carbocycles. The number of nitrogens with two attached hydrogens (primary N) is 1. The van der Waals surface area contributed by atoms with Gasteiger partial charge in [-0.1, -0.05) is 22.0 Å². The fourth-order valence-corrected chi connectivity index (χ4v) is 2.87. The zero-order valence-electron chi connectivity index (χ0n) is 11.2. The Morgan fingerprint density at radius 1 is 1.42 bits per heavy atom. The number of hydrogen-bond acceptors (Lipinski definition) is 3. The molecule has 1 fully saturated rings. The van der Waals surface area contributed by atoms with Crippen molar-refractivity contribution >= 4 is 27.5 Å². The molecular weight excluding hydrogens is 306 g/mol. The van der Waals surface area contributed by atoms with E-state index >= 15 is 0 Å². The van der Waals surface area contributed by atoms with Gasteiger partial charge in [0.1, 0.15) is 0 Å². The Hall–Kier alpha value is -1.07. The number of anilines is 1. The maximum Gasteiger partial charge on any atom is 0.236 e. The number of likely N-dealkylation sites (N-methyl/N-ethyl adjacent to an activating group) is 1. The zero-order chi connectivity index (χ0) is 13.8. The summed E-state index contributed by atoms with van der Waals surface area (Å²) in [5.74, 6) is 0.214. The summed E-state index contributed by atoms with van der Waals surface area (Å²) in [6.07, 6.45) is 2.26. The lowest BCUT2D eigenvalue weighted by molar-refractivity contribution is -0.131. The van der Waals surface area contributed by atoms with E-state index in [9.17, 15) is 4.79 Å². The molecule has 1 aliphatic heterocycles. The van der Waals surface area contributed by atoms with Gasteiger partial charge in [-0.3, -0.25) is 9.69 Å². The summed E-state index contributed by atoms with van der Waals surface area (Å²) < 4.78 is 0.993. The van der Waals surface area contributed by atoms with Crippen LogP contribution in [0.25, 0.3) is 0 Å². The van der Waals surface area contributed by atoms with Gasteiger partial charge in [-0.05, 0) is 32.0 Å². The Labute approximate surface area is 122 Å². The third-order valence-electron chi connectivity index (χ3n) is 3.45. The molecule has 0 radical (unpaired) electrons. The number of carbonyl (C=O) groups excluding carboxylic acids is 1. The molecule has 0 bridgehead atoms. The van der Waals surface area contributed by atoms with E-state index < -0.39 is 0 Å². The number of likely N-dealkylation sites (tertiary alicyclic amines) is 1. The lowest BCUT2D eigenvalue weighted by Gasteiger charge is -2.22. The number of benzene rings is 1. The molecule has 0 spiro atoms. The molecule has 104 valence electrons. The molecule has 0 aliphatic carbocycles. The molecular formula is C14H20BrN3O. The summed E-state index contributed by atoms with van der Waals surface area (Å²) in [5.41, 5.74) is 7.77. The highest BCUT2D eigenvalue weighted by Crippen LogP contribution is 2.23. The average Bonchev–Trinajstić information content (AvgIpc) is 2.88. The quantitative estimate of drug-likeness (QED) is 0.862. The van der Waals surface area contributed by atoms with Gasteiger partial charge < -0.3 is 10.6 Å². The van der Waals surface area contributed by atoms with E-state index in [2.05, 4.69) is 15.9 Å². The van der Waals surface area contributed by atoms with Crippen molar-refractivity contribution in [2.45, 2.75) is 19.4 Å². The Morgan fingerprint density at radius 2 is 2.11 bits per heavy atom. The Balaban J connectivity index is 1.93. The van der Waals surface area contributed by atoms with Gasteiger partial charge in [-0.25, -0.2) is 0 Å². The highest BCUT2D eigenvalue weighted by Gasteiger charge is 2.19. The second-order valence-electron chi connectivity index (χ2n) is 5.07. The predicted molar refractivity (Wildman–Crippen MR) is 80.7 cm³/mol. The summed E-state index contributed by atoms with van der Waals surface area (Å²) in [7, 11) is 1.95. The molecule has 0 atom stereocenters. The molecule has 1 aliphatic rings. The van der Waals surface area contributed by atoms with E-state index in [1.165, 1.54) is 0 Å². The third-order valence-corrected chi connectivity index (χ3v) is 4.19. The van der Waals surface area contributed by atoms with Gasteiger partial charge in [0, 0.05) is 35.4 Å². The van der Waals surface area contributed by atoms with E-state index in [1.807, 2.05) is 35.0 Å². The van der Waals surface area contributed by atoms with Crippen molar-refractivity contribution in [3.63, 3.8) is 0 Å². The van der Waals surface area contributed by atoms with Crippen LogP contribution >= 0.6 is 15.9 Å². The van der Waals surface area contributed by atoms with Crippen LogP contribution in [-0.4, -0.2) is 42.4 Å². The summed E-state index contributed by atoms with van der Waals surface area (Å²) in [5, 5.41) is 0. The normalized spacial score (nSPS) is 15.2. The maximum absolute atomic E-state index is 12.1. The summed E-state index contributed by atoms with van der Waals surface area (Å²) >= 11 is 3.51. The minimum absolute atomic E-state index is 0.214. The molecule has 1 aromatic rings. The van der Waals surface area contributed by atoms with Crippen molar-refractivity contribution in [1.29, 1.82) is 0 Å². The van der Waals surface area contributed by atoms with Crippen LogP contribution in [0.4, 0.5) is 5.69 Å². The van der Waals surface area contributed by atoms with Crippen LogP contribution in [0.5, 0.6) is 0 Å². The molecule has 1 heterocycles. The van der Waals surface area contributed by atoms with E-state index in [0.29, 0.717) is 13.1 Å². The molecule has 0 saturated carbocycles. The van der Waals surface area contributed by atoms with E-state index in [1.54, 1.807) is 0 Å². The van der Waals surface area contributed by atoms with Gasteiger partial charge in [0.15, 0.2) is 0 Å². The standard InChI is InChI=1S/C14H20BrN3O/c1-17(10-14(19)18-7-2-3-8-18)9-11-12(15)5-4-6-13(11)16/h4-6H,2-3,7-10,16H2,1H3. The SMILES string of the molecule is CN(CC(=O)N1CCCC1)Cc1c(N)cccc1Br. The Morgan fingerprint density at radius 3 is 2.74 bits per heavy atom. The van der Waals surface area contributed by atoms with Crippen LogP contribution in [0.2, 0.25) is 0 Å². The number of carbonyl (C=O) groups is 1. The lowest BCUT2D eigenvalue weighted by atomic mass is 10.1. The van der Waals surface area contributed by atoms with E-state index in [4.69, 9.17) is 5.73 Å². The van der Waals surface area contributed by atoms with Crippen LogP contribution < -0.4 is 5.73 Å². The molecule has 1 saturated heterocycles. The van der Waals surface area contributed by atoms with Gasteiger partial charge in [0.25, 0.3) is 0 Å². The number of hydrogen-bond donors (Lipinski definition) is 1. The highest BCUT2D eigenvalue weighted by molar-refractivity contribution is 9.10. The highest BCUT2D eigenvalue weighted by atomic mass is 79.9. The van der Waals surface area contributed by atoms with Crippen molar-refractivity contribution in [3.05, 3.63) is 28.2 Å². The first-order valence-electron chi connectivity index (χ1n) is 6.57. The van der Waals surface area contributed by atoms with Crippen LogP contribution in [0.1, 0.15) is 18.4 Å². The minimum atomic E-state index is 0.214. The third kappa shape index (κ3) is 3.70. The second kappa shape index (κ2) is 6.39. The number of nitrogens with zero attached hydrogens (tertiary/aromatic N) is 2. The average molecular weight is 326 g/mol. The van der Waals surface area contributed by atoms with Crippen LogP contribution in [0.3, 0.4) is 0 Å². The van der Waals surface area contributed by atoms with Crippen LogP contribution in [-0.2, 0) is 11.3 Å². The first kappa shape index (κ1) is 14.3. The van der Waals surface area contributed by atoms with Crippen molar-refractivity contribution in [2.24, 2.45) is 0 Å². The second-order valence-corrected chi connectivity index (χ2v) is 5.92. The number of amides is 1. The summed E-state index contributed by atoms with van der Waals surface area (Å²) in [6.45, 7) is 2.93. The van der Waals surface area contributed by atoms with E-state index in [0.717, 1.165) is 41.7 Å².